The molecule has 1 amide bonds. The van der Waals surface area contributed by atoms with Gasteiger partial charge in [0.2, 0.25) is 0 Å². The molecule has 0 unspecified atom stereocenters. The molecule has 1 fully saturated rings. The summed E-state index contributed by atoms with van der Waals surface area (Å²) in [5, 5.41) is 18.5. The number of hydrogen-bond acceptors (Lipinski definition) is 5. The van der Waals surface area contributed by atoms with Crippen molar-refractivity contribution in [1.29, 1.82) is 0 Å². The zero-order valence-electron chi connectivity index (χ0n) is 12.5. The second-order valence-corrected chi connectivity index (χ2v) is 6.40. The number of amides is 1. The van der Waals surface area contributed by atoms with E-state index in [0.29, 0.717) is 16.2 Å². The van der Waals surface area contributed by atoms with Gasteiger partial charge in [0.1, 0.15) is 5.70 Å². The highest BCUT2D eigenvalue weighted by Gasteiger charge is 2.55. The fraction of sp³-hybridized carbons (Fsp3) is 0.312. The van der Waals surface area contributed by atoms with Crippen LogP contribution in [0, 0.1) is 5.92 Å². The van der Waals surface area contributed by atoms with Crippen molar-refractivity contribution in [3.63, 3.8) is 0 Å². The molecule has 2 aliphatic rings. The highest BCUT2D eigenvalue weighted by atomic mass is 32.2. The van der Waals surface area contributed by atoms with Gasteiger partial charge in [0, 0.05) is 28.3 Å². The molecule has 7 heteroatoms. The summed E-state index contributed by atoms with van der Waals surface area (Å²) in [4.78, 5) is 30.0. The van der Waals surface area contributed by atoms with Crippen molar-refractivity contribution in [3.8, 4) is 0 Å². The first-order valence-electron chi connectivity index (χ1n) is 7.21. The summed E-state index contributed by atoms with van der Waals surface area (Å²) in [5.41, 5.74) is 1.41. The number of hydrogen-bond donors (Lipinski definition) is 2. The van der Waals surface area contributed by atoms with Gasteiger partial charge in [-0.3, -0.25) is 14.7 Å². The number of carbonyl (C=O) groups is 2. The molecule has 0 radical (unpaired) electrons. The molecule has 3 heterocycles. The minimum absolute atomic E-state index is 0.0588. The van der Waals surface area contributed by atoms with E-state index in [9.17, 15) is 14.7 Å². The minimum atomic E-state index is -1.10. The quantitative estimate of drug-likeness (QED) is 0.625. The molecule has 2 N–H and O–H groups in total. The summed E-state index contributed by atoms with van der Waals surface area (Å²) >= 11 is 1.40. The Morgan fingerprint density at radius 3 is 2.87 bits per heavy atom. The standard InChI is InChI=1S/C16H16N2O4S/c1-9-12-11(5-7-19)15(20)18(12)13(16(21)22)14(9)23-8-10-4-2-3-6-17-10/h2-6,9,12,19H,7-8H2,1H3,(H,21,22)/b11-5+/t9-,12-/m1/s1. The van der Waals surface area contributed by atoms with E-state index in [2.05, 4.69) is 4.98 Å². The van der Waals surface area contributed by atoms with Crippen LogP contribution < -0.4 is 0 Å². The molecule has 120 valence electrons. The smallest absolute Gasteiger partial charge is 0.353 e. The van der Waals surface area contributed by atoms with Crippen molar-refractivity contribution in [2.24, 2.45) is 5.92 Å². The Balaban J connectivity index is 1.87. The van der Waals surface area contributed by atoms with Crippen LogP contribution in [-0.4, -0.2) is 44.6 Å². The van der Waals surface area contributed by atoms with Crippen LogP contribution in [0.1, 0.15) is 12.6 Å². The Morgan fingerprint density at radius 1 is 1.48 bits per heavy atom. The summed E-state index contributed by atoms with van der Waals surface area (Å²) in [6.45, 7) is 1.68. The molecular weight excluding hydrogens is 316 g/mol. The third kappa shape index (κ3) is 2.55. The number of aliphatic hydroxyl groups excluding tert-OH is 1. The molecule has 6 nitrogen and oxygen atoms in total. The van der Waals surface area contributed by atoms with Crippen LogP contribution in [0.15, 0.2) is 46.6 Å². The van der Waals surface area contributed by atoms with Crippen molar-refractivity contribution >= 4 is 23.6 Å². The number of carbonyl (C=O) groups excluding carboxylic acids is 1. The average molecular weight is 332 g/mol. The molecule has 3 rings (SSSR count). The number of pyridine rings is 1. The van der Waals surface area contributed by atoms with E-state index < -0.39 is 5.97 Å². The number of aliphatic hydroxyl groups is 1. The molecule has 1 saturated heterocycles. The SMILES string of the molecule is C[C@H]1C(SCc2ccccn2)=C(C(=O)O)N2C(=O)/C(=C/CO)[C@@H]12. The Labute approximate surface area is 137 Å². The molecule has 0 spiro atoms. The lowest BCUT2D eigenvalue weighted by Gasteiger charge is -2.40. The number of carboxylic acid groups (broad SMARTS) is 1. The van der Waals surface area contributed by atoms with Crippen molar-refractivity contribution in [2.75, 3.05) is 6.61 Å². The van der Waals surface area contributed by atoms with Gasteiger partial charge >= 0.3 is 5.97 Å². The molecule has 1 aromatic heterocycles. The lowest BCUT2D eigenvalue weighted by molar-refractivity contribution is -0.142. The van der Waals surface area contributed by atoms with Crippen LogP contribution in [0.3, 0.4) is 0 Å². The largest absolute Gasteiger partial charge is 0.477 e. The van der Waals surface area contributed by atoms with Gasteiger partial charge in [-0.1, -0.05) is 13.0 Å². The first kappa shape index (κ1) is 15.8. The molecular formula is C16H16N2O4S. The third-order valence-corrected chi connectivity index (χ3v) is 5.36. The molecule has 2 aliphatic heterocycles. The number of thioether (sulfide) groups is 1. The van der Waals surface area contributed by atoms with Gasteiger partial charge in [-0.15, -0.1) is 11.8 Å². The van der Waals surface area contributed by atoms with Gasteiger partial charge in [0.15, 0.2) is 0 Å². The zero-order chi connectivity index (χ0) is 16.6. The Bertz CT molecular complexity index is 714. The predicted octanol–water partition coefficient (Wildman–Crippen LogP) is 1.39. The van der Waals surface area contributed by atoms with Gasteiger partial charge < -0.3 is 10.2 Å². The zero-order valence-corrected chi connectivity index (χ0v) is 13.3. The predicted molar refractivity (Wildman–Crippen MR) is 85.2 cm³/mol. The van der Waals surface area contributed by atoms with Gasteiger partial charge in [0.05, 0.1) is 18.3 Å². The van der Waals surface area contributed by atoms with Crippen LogP contribution >= 0.6 is 11.8 Å². The highest BCUT2D eigenvalue weighted by molar-refractivity contribution is 8.02. The Hall–Kier alpha value is -2.12. The van der Waals surface area contributed by atoms with Crippen molar-refractivity contribution in [3.05, 3.63) is 52.3 Å². The number of carboxylic acids is 1. The molecule has 0 aliphatic carbocycles. The summed E-state index contributed by atoms with van der Waals surface area (Å²) in [5.74, 6) is -0.989. The number of nitrogens with zero attached hydrogens (tertiary/aromatic N) is 2. The van der Waals surface area contributed by atoms with Crippen LogP contribution in [0.4, 0.5) is 0 Å². The normalized spacial score (nSPS) is 24.9. The monoisotopic (exact) mass is 332 g/mol. The van der Waals surface area contributed by atoms with Crippen molar-refractivity contribution < 1.29 is 19.8 Å². The van der Waals surface area contributed by atoms with Crippen LogP contribution in [0.25, 0.3) is 0 Å². The van der Waals surface area contributed by atoms with E-state index in [1.54, 1.807) is 6.20 Å². The minimum Gasteiger partial charge on any atom is -0.477 e. The maximum atomic E-state index is 12.1. The number of aromatic nitrogens is 1. The maximum absolute atomic E-state index is 12.1. The molecule has 23 heavy (non-hydrogen) atoms. The fourth-order valence-electron chi connectivity index (χ4n) is 3.03. The van der Waals surface area contributed by atoms with Crippen molar-refractivity contribution in [1.82, 2.24) is 9.88 Å². The second kappa shape index (κ2) is 6.17. The van der Waals surface area contributed by atoms with E-state index in [-0.39, 0.29) is 30.2 Å². The van der Waals surface area contributed by atoms with E-state index in [1.807, 2.05) is 25.1 Å². The molecule has 0 aromatic carbocycles. The summed E-state index contributed by atoms with van der Waals surface area (Å²) in [6, 6.07) is 5.30. The first-order chi connectivity index (χ1) is 11.1. The van der Waals surface area contributed by atoms with E-state index in [1.165, 1.54) is 22.7 Å². The number of rotatable bonds is 5. The van der Waals surface area contributed by atoms with Crippen molar-refractivity contribution in [2.45, 2.75) is 18.7 Å². The number of aliphatic carboxylic acids is 1. The number of β-lactam (4-membered cyclic amide) rings is 1. The van der Waals surface area contributed by atoms with E-state index in [0.717, 1.165) is 5.69 Å². The lowest BCUT2D eigenvalue weighted by Crippen LogP contribution is -2.54. The third-order valence-electron chi connectivity index (χ3n) is 4.04. The summed E-state index contributed by atoms with van der Waals surface area (Å²) in [6.07, 6.45) is 3.16. The summed E-state index contributed by atoms with van der Waals surface area (Å²) in [7, 11) is 0. The molecule has 0 bridgehead atoms. The van der Waals surface area contributed by atoms with Crippen LogP contribution in [0.2, 0.25) is 0 Å². The molecule has 1 aromatic rings. The molecule has 2 atom stereocenters. The van der Waals surface area contributed by atoms with E-state index >= 15 is 0 Å². The average Bonchev–Trinajstić information content (AvgIpc) is 2.81. The second-order valence-electron chi connectivity index (χ2n) is 5.38. The fourth-order valence-corrected chi connectivity index (χ4v) is 4.21. The highest BCUT2D eigenvalue weighted by Crippen LogP contribution is 2.49. The van der Waals surface area contributed by atoms with Gasteiger partial charge in [-0.2, -0.15) is 0 Å². The van der Waals surface area contributed by atoms with Gasteiger partial charge in [-0.25, -0.2) is 4.79 Å². The number of fused-ring (bicyclic) bond motifs is 1. The van der Waals surface area contributed by atoms with Gasteiger partial charge in [0.25, 0.3) is 5.91 Å². The Morgan fingerprint density at radius 2 is 2.26 bits per heavy atom. The maximum Gasteiger partial charge on any atom is 0.353 e. The topological polar surface area (TPSA) is 90.7 Å². The summed E-state index contributed by atoms with van der Waals surface area (Å²) < 4.78 is 0. The van der Waals surface area contributed by atoms with Gasteiger partial charge in [-0.05, 0) is 18.2 Å². The van der Waals surface area contributed by atoms with Crippen LogP contribution in [-0.2, 0) is 15.3 Å². The first-order valence-corrected chi connectivity index (χ1v) is 8.19. The lowest BCUT2D eigenvalue weighted by atomic mass is 9.88. The Kier molecular flexibility index (Phi) is 4.23. The molecule has 0 saturated carbocycles. The van der Waals surface area contributed by atoms with E-state index in [4.69, 9.17) is 5.11 Å². The van der Waals surface area contributed by atoms with Crippen LogP contribution in [0.5, 0.6) is 0 Å².